The van der Waals surface area contributed by atoms with Gasteiger partial charge in [-0.15, -0.1) is 0 Å². The molecule has 2 heterocycles. The van der Waals surface area contributed by atoms with Crippen LogP contribution in [0.5, 0.6) is 5.75 Å². The fourth-order valence-corrected chi connectivity index (χ4v) is 4.56. The topological polar surface area (TPSA) is 80.0 Å². The molecule has 1 atom stereocenters. The van der Waals surface area contributed by atoms with Crippen molar-refractivity contribution in [2.45, 2.75) is 6.04 Å². The molecule has 0 saturated carbocycles. The number of ketones is 1. The summed E-state index contributed by atoms with van der Waals surface area (Å²) in [6.45, 7) is 0. The van der Waals surface area contributed by atoms with Crippen molar-refractivity contribution in [1.29, 1.82) is 0 Å². The third-order valence-electron chi connectivity index (χ3n) is 5.75. The summed E-state index contributed by atoms with van der Waals surface area (Å²) in [7, 11) is 1.45. The number of aliphatic hydroxyl groups excluding tert-OH is 1. The summed E-state index contributed by atoms with van der Waals surface area (Å²) in [5.41, 5.74) is 0.914. The van der Waals surface area contributed by atoms with E-state index < -0.39 is 29.3 Å². The number of halogens is 3. The molecule has 0 bridgehead atoms. The van der Waals surface area contributed by atoms with Gasteiger partial charge in [-0.1, -0.05) is 35.3 Å². The second-order valence-electron chi connectivity index (χ2n) is 7.83. The number of carbonyl (C=O) groups is 2. The fourth-order valence-electron chi connectivity index (χ4n) is 4.13. The maximum absolute atomic E-state index is 13.7. The van der Waals surface area contributed by atoms with E-state index in [2.05, 4.69) is 0 Å². The van der Waals surface area contributed by atoms with E-state index in [4.69, 9.17) is 32.4 Å². The van der Waals surface area contributed by atoms with Crippen LogP contribution in [0.1, 0.15) is 22.2 Å². The molecule has 1 amide bonds. The van der Waals surface area contributed by atoms with Crippen molar-refractivity contribution in [3.63, 3.8) is 0 Å². The number of furan rings is 1. The van der Waals surface area contributed by atoms with E-state index in [0.29, 0.717) is 33.0 Å². The summed E-state index contributed by atoms with van der Waals surface area (Å²) in [6, 6.07) is 15.2. The van der Waals surface area contributed by atoms with Gasteiger partial charge in [0.05, 0.1) is 23.7 Å². The molecule has 3 aromatic carbocycles. The SMILES string of the molecule is COc1ccc(N2C(=O)C(O)=C(C(=O)c3cc4cc(Cl)ccc4o3)C2c2ccc(F)cc2)cc1Cl. The second kappa shape index (κ2) is 8.76. The van der Waals surface area contributed by atoms with Gasteiger partial charge in [0.15, 0.2) is 11.5 Å². The van der Waals surface area contributed by atoms with Gasteiger partial charge in [-0.25, -0.2) is 4.39 Å². The average molecular weight is 512 g/mol. The van der Waals surface area contributed by atoms with Crippen molar-refractivity contribution in [3.05, 3.63) is 105 Å². The van der Waals surface area contributed by atoms with E-state index in [1.165, 1.54) is 48.4 Å². The predicted octanol–water partition coefficient (Wildman–Crippen LogP) is 6.67. The van der Waals surface area contributed by atoms with Gasteiger partial charge in [-0.2, -0.15) is 0 Å². The number of anilines is 1. The first kappa shape index (κ1) is 23.0. The van der Waals surface area contributed by atoms with Crippen LogP contribution in [-0.4, -0.2) is 23.9 Å². The summed E-state index contributed by atoms with van der Waals surface area (Å²) in [4.78, 5) is 28.1. The number of carbonyl (C=O) groups excluding carboxylic acids is 2. The molecule has 1 aliphatic heterocycles. The number of ether oxygens (including phenoxy) is 1. The molecular formula is C26H16Cl2FNO5. The minimum absolute atomic E-state index is 0.0849. The Hall–Kier alpha value is -3.81. The number of hydrogen-bond donors (Lipinski definition) is 1. The number of rotatable bonds is 5. The lowest BCUT2D eigenvalue weighted by Gasteiger charge is -2.27. The Kier molecular flexibility index (Phi) is 5.75. The Bertz CT molecular complexity index is 1530. The average Bonchev–Trinajstić information content (AvgIpc) is 3.37. The molecule has 0 aliphatic carbocycles. The van der Waals surface area contributed by atoms with E-state index in [1.54, 1.807) is 30.3 Å². The Labute approximate surface area is 208 Å². The zero-order chi connectivity index (χ0) is 24.9. The molecule has 9 heteroatoms. The highest BCUT2D eigenvalue weighted by molar-refractivity contribution is 6.32. The zero-order valence-corrected chi connectivity index (χ0v) is 19.6. The first-order chi connectivity index (χ1) is 16.8. The van der Waals surface area contributed by atoms with Gasteiger partial charge >= 0.3 is 0 Å². The lowest BCUT2D eigenvalue weighted by molar-refractivity contribution is -0.117. The molecule has 6 nitrogen and oxygen atoms in total. The van der Waals surface area contributed by atoms with E-state index in [0.717, 1.165) is 0 Å². The molecule has 176 valence electrons. The van der Waals surface area contributed by atoms with Gasteiger partial charge in [-0.05, 0) is 60.2 Å². The van der Waals surface area contributed by atoms with Crippen LogP contribution in [0, 0.1) is 5.82 Å². The predicted molar refractivity (Wildman–Crippen MR) is 130 cm³/mol. The van der Waals surface area contributed by atoms with Crippen LogP contribution in [0.2, 0.25) is 10.0 Å². The zero-order valence-electron chi connectivity index (χ0n) is 18.1. The van der Waals surface area contributed by atoms with Gasteiger partial charge in [0, 0.05) is 16.1 Å². The molecule has 4 aromatic rings. The monoisotopic (exact) mass is 511 g/mol. The number of hydrogen-bond acceptors (Lipinski definition) is 5. The van der Waals surface area contributed by atoms with Crippen LogP contribution in [0.4, 0.5) is 10.1 Å². The Morgan fingerprint density at radius 1 is 1.06 bits per heavy atom. The first-order valence-corrected chi connectivity index (χ1v) is 11.1. The summed E-state index contributed by atoms with van der Waals surface area (Å²) < 4.78 is 24.6. The molecule has 1 N–H and O–H groups in total. The number of fused-ring (bicyclic) bond motifs is 1. The summed E-state index contributed by atoms with van der Waals surface area (Å²) in [5, 5.41) is 12.1. The van der Waals surface area contributed by atoms with E-state index >= 15 is 0 Å². The van der Waals surface area contributed by atoms with Gasteiger partial charge in [-0.3, -0.25) is 14.5 Å². The third kappa shape index (κ3) is 3.92. The maximum Gasteiger partial charge on any atom is 0.294 e. The molecule has 0 fully saturated rings. The number of aliphatic hydroxyl groups is 1. The molecule has 0 spiro atoms. The normalized spacial score (nSPS) is 15.8. The Morgan fingerprint density at radius 3 is 2.49 bits per heavy atom. The highest BCUT2D eigenvalue weighted by Gasteiger charge is 2.45. The standard InChI is InChI=1S/C26H16Cl2FNO5/c1-34-20-9-7-17(12-18(20)28)30-23(13-2-5-16(29)6-3-13)22(25(32)26(30)33)24(31)21-11-14-10-15(27)4-8-19(14)35-21/h2-12,23,32H,1H3. The summed E-state index contributed by atoms with van der Waals surface area (Å²) in [6.07, 6.45) is 0. The van der Waals surface area contributed by atoms with Crippen molar-refractivity contribution >= 4 is 51.5 Å². The third-order valence-corrected chi connectivity index (χ3v) is 6.28. The Morgan fingerprint density at radius 2 is 1.80 bits per heavy atom. The maximum atomic E-state index is 13.7. The van der Waals surface area contributed by atoms with E-state index in [1.807, 2.05) is 0 Å². The van der Waals surface area contributed by atoms with Crippen molar-refractivity contribution in [2.24, 2.45) is 0 Å². The van der Waals surface area contributed by atoms with Gasteiger partial charge in [0.25, 0.3) is 5.91 Å². The lowest BCUT2D eigenvalue weighted by atomic mass is 9.94. The van der Waals surface area contributed by atoms with Crippen molar-refractivity contribution in [2.75, 3.05) is 12.0 Å². The van der Waals surface area contributed by atoms with Crippen molar-refractivity contribution in [3.8, 4) is 5.75 Å². The molecule has 1 aromatic heterocycles. The van der Waals surface area contributed by atoms with Crippen LogP contribution in [0.3, 0.4) is 0 Å². The van der Waals surface area contributed by atoms with Gasteiger partial charge in [0.1, 0.15) is 17.1 Å². The number of benzene rings is 3. The fraction of sp³-hybridized carbons (Fsp3) is 0.0769. The van der Waals surface area contributed by atoms with Crippen LogP contribution < -0.4 is 9.64 Å². The summed E-state index contributed by atoms with van der Waals surface area (Å²) >= 11 is 12.3. The molecular weight excluding hydrogens is 496 g/mol. The van der Waals surface area contributed by atoms with Crippen LogP contribution in [0.15, 0.2) is 82.5 Å². The van der Waals surface area contributed by atoms with Crippen LogP contribution >= 0.6 is 23.2 Å². The van der Waals surface area contributed by atoms with E-state index in [-0.39, 0.29) is 16.4 Å². The van der Waals surface area contributed by atoms with Crippen LogP contribution in [0.25, 0.3) is 11.0 Å². The molecule has 5 rings (SSSR count). The molecule has 0 radical (unpaired) electrons. The van der Waals surface area contributed by atoms with Crippen molar-refractivity contribution < 1.29 is 28.2 Å². The lowest BCUT2D eigenvalue weighted by Crippen LogP contribution is -2.31. The smallest absolute Gasteiger partial charge is 0.294 e. The number of nitrogens with zero attached hydrogens (tertiary/aromatic N) is 1. The quantitative estimate of drug-likeness (QED) is 0.302. The minimum Gasteiger partial charge on any atom is -0.503 e. The highest BCUT2D eigenvalue weighted by Crippen LogP contribution is 2.43. The van der Waals surface area contributed by atoms with Gasteiger partial charge in [0.2, 0.25) is 5.78 Å². The second-order valence-corrected chi connectivity index (χ2v) is 8.68. The molecule has 1 unspecified atom stereocenters. The van der Waals surface area contributed by atoms with Gasteiger partial charge < -0.3 is 14.3 Å². The van der Waals surface area contributed by atoms with E-state index in [9.17, 15) is 19.1 Å². The largest absolute Gasteiger partial charge is 0.503 e. The van der Waals surface area contributed by atoms with Crippen molar-refractivity contribution in [1.82, 2.24) is 0 Å². The molecule has 35 heavy (non-hydrogen) atoms. The molecule has 0 saturated heterocycles. The number of Topliss-reactive ketones (excluding diaryl/α,β-unsaturated/α-hetero) is 1. The minimum atomic E-state index is -1.07. The molecule has 1 aliphatic rings. The Balaban J connectivity index is 1.65. The van der Waals surface area contributed by atoms with Crippen LogP contribution in [-0.2, 0) is 4.79 Å². The number of amides is 1. The highest BCUT2D eigenvalue weighted by atomic mass is 35.5. The first-order valence-electron chi connectivity index (χ1n) is 10.4. The summed E-state index contributed by atoms with van der Waals surface area (Å²) in [5.74, 6) is -2.45. The number of methoxy groups -OCH3 is 1.